The van der Waals surface area contributed by atoms with Crippen LogP contribution < -0.4 is 11.1 Å². The Morgan fingerprint density at radius 3 is 2.40 bits per heavy atom. The van der Waals surface area contributed by atoms with E-state index in [1.807, 2.05) is 0 Å². The van der Waals surface area contributed by atoms with E-state index in [1.54, 1.807) is 0 Å². The number of hydrogen-bond donors (Lipinski definition) is 2. The molecule has 1 rings (SSSR count). The van der Waals surface area contributed by atoms with Crippen molar-refractivity contribution in [2.45, 2.75) is 85.1 Å². The molecule has 3 atom stereocenters. The summed E-state index contributed by atoms with van der Waals surface area (Å²) in [4.78, 5) is 0. The standard InChI is InChI=1S/C18H38N2/c1-5-6-7-8-9-10-13-20-14-16-11-12-17(19)15(2)18(16,3)4/h15-17,20H,5-14,19H2,1-4H3. The highest BCUT2D eigenvalue weighted by atomic mass is 14.9. The van der Waals surface area contributed by atoms with Crippen molar-refractivity contribution >= 4 is 0 Å². The van der Waals surface area contributed by atoms with Gasteiger partial charge in [0.05, 0.1) is 0 Å². The summed E-state index contributed by atoms with van der Waals surface area (Å²) in [6, 6.07) is 0.403. The van der Waals surface area contributed by atoms with Gasteiger partial charge >= 0.3 is 0 Å². The lowest BCUT2D eigenvalue weighted by atomic mass is 9.61. The Labute approximate surface area is 127 Å². The van der Waals surface area contributed by atoms with Gasteiger partial charge in [-0.2, -0.15) is 0 Å². The molecule has 0 aromatic heterocycles. The molecule has 2 nitrogen and oxygen atoms in total. The third-order valence-corrected chi connectivity index (χ3v) is 5.81. The van der Waals surface area contributed by atoms with Crippen molar-refractivity contribution in [3.8, 4) is 0 Å². The van der Waals surface area contributed by atoms with Gasteiger partial charge in [0.1, 0.15) is 0 Å². The fourth-order valence-corrected chi connectivity index (χ4v) is 3.61. The van der Waals surface area contributed by atoms with Gasteiger partial charge in [0.25, 0.3) is 0 Å². The van der Waals surface area contributed by atoms with Crippen LogP contribution >= 0.6 is 0 Å². The van der Waals surface area contributed by atoms with Crippen LogP contribution in [0.3, 0.4) is 0 Å². The molecule has 0 spiro atoms. The van der Waals surface area contributed by atoms with Crippen LogP contribution in [0.4, 0.5) is 0 Å². The summed E-state index contributed by atoms with van der Waals surface area (Å²) >= 11 is 0. The van der Waals surface area contributed by atoms with E-state index < -0.39 is 0 Å². The summed E-state index contributed by atoms with van der Waals surface area (Å²) in [5, 5.41) is 3.70. The molecular formula is C18H38N2. The monoisotopic (exact) mass is 282 g/mol. The van der Waals surface area contributed by atoms with E-state index in [0.29, 0.717) is 17.4 Å². The Bertz CT molecular complexity index is 250. The van der Waals surface area contributed by atoms with Gasteiger partial charge in [0, 0.05) is 6.04 Å². The first-order valence-corrected chi connectivity index (χ1v) is 8.96. The van der Waals surface area contributed by atoms with Crippen LogP contribution in [-0.4, -0.2) is 19.1 Å². The molecule has 2 heteroatoms. The number of unbranched alkanes of at least 4 members (excludes halogenated alkanes) is 5. The van der Waals surface area contributed by atoms with Crippen LogP contribution in [0, 0.1) is 17.3 Å². The zero-order valence-electron chi connectivity index (χ0n) is 14.4. The largest absolute Gasteiger partial charge is 0.327 e. The molecule has 0 aromatic carbocycles. The lowest BCUT2D eigenvalue weighted by Crippen LogP contribution is -2.49. The van der Waals surface area contributed by atoms with Crippen LogP contribution in [-0.2, 0) is 0 Å². The maximum absolute atomic E-state index is 6.23. The minimum absolute atomic E-state index is 0.381. The van der Waals surface area contributed by atoms with Crippen LogP contribution in [0.1, 0.15) is 79.1 Å². The summed E-state index contributed by atoms with van der Waals surface area (Å²) in [5.41, 5.74) is 6.61. The molecule has 1 saturated carbocycles. The molecule has 1 fully saturated rings. The lowest BCUT2D eigenvalue weighted by molar-refractivity contribution is 0.0541. The number of nitrogens with two attached hydrogens (primary N) is 1. The van der Waals surface area contributed by atoms with Crippen LogP contribution in [0.15, 0.2) is 0 Å². The van der Waals surface area contributed by atoms with Crippen molar-refractivity contribution in [2.24, 2.45) is 23.0 Å². The zero-order valence-corrected chi connectivity index (χ0v) is 14.4. The third kappa shape index (κ3) is 5.37. The van der Waals surface area contributed by atoms with Crippen molar-refractivity contribution < 1.29 is 0 Å². The second kappa shape index (κ2) is 9.04. The minimum atomic E-state index is 0.381. The topological polar surface area (TPSA) is 38.0 Å². The van der Waals surface area contributed by atoms with Crippen LogP contribution in [0.5, 0.6) is 0 Å². The fourth-order valence-electron chi connectivity index (χ4n) is 3.61. The molecule has 20 heavy (non-hydrogen) atoms. The second-order valence-electron chi connectivity index (χ2n) is 7.52. The van der Waals surface area contributed by atoms with Gasteiger partial charge < -0.3 is 11.1 Å². The predicted molar refractivity (Wildman–Crippen MR) is 89.9 cm³/mol. The first-order valence-electron chi connectivity index (χ1n) is 8.96. The van der Waals surface area contributed by atoms with Gasteiger partial charge in [-0.15, -0.1) is 0 Å². The maximum Gasteiger partial charge on any atom is 0.00698 e. The van der Waals surface area contributed by atoms with Crippen LogP contribution in [0.2, 0.25) is 0 Å². The number of hydrogen-bond acceptors (Lipinski definition) is 2. The van der Waals surface area contributed by atoms with E-state index in [0.717, 1.165) is 5.92 Å². The van der Waals surface area contributed by atoms with E-state index in [2.05, 4.69) is 33.0 Å². The zero-order chi connectivity index (χ0) is 15.0. The second-order valence-corrected chi connectivity index (χ2v) is 7.52. The Kier molecular flexibility index (Phi) is 8.13. The molecule has 0 saturated heterocycles. The molecule has 3 unspecified atom stereocenters. The van der Waals surface area contributed by atoms with E-state index in [4.69, 9.17) is 5.73 Å². The van der Waals surface area contributed by atoms with E-state index in [9.17, 15) is 0 Å². The normalized spacial score (nSPS) is 29.6. The van der Waals surface area contributed by atoms with Gasteiger partial charge in [-0.25, -0.2) is 0 Å². The van der Waals surface area contributed by atoms with E-state index in [-0.39, 0.29) is 0 Å². The molecule has 1 aliphatic rings. The molecule has 120 valence electrons. The van der Waals surface area contributed by atoms with Gasteiger partial charge in [-0.3, -0.25) is 0 Å². The van der Waals surface area contributed by atoms with E-state index in [1.165, 1.54) is 64.5 Å². The number of nitrogens with one attached hydrogen (secondary N) is 1. The highest BCUT2D eigenvalue weighted by Crippen LogP contribution is 2.43. The molecule has 1 aliphatic carbocycles. The molecule has 0 heterocycles. The van der Waals surface area contributed by atoms with Crippen molar-refractivity contribution in [2.75, 3.05) is 13.1 Å². The van der Waals surface area contributed by atoms with Crippen molar-refractivity contribution in [1.29, 1.82) is 0 Å². The highest BCUT2D eigenvalue weighted by molar-refractivity contribution is 4.94. The minimum Gasteiger partial charge on any atom is -0.327 e. The molecule has 0 bridgehead atoms. The first-order chi connectivity index (χ1) is 9.50. The van der Waals surface area contributed by atoms with Gasteiger partial charge in [-0.1, -0.05) is 59.8 Å². The molecule has 0 aromatic rings. The number of rotatable bonds is 9. The summed E-state index contributed by atoms with van der Waals surface area (Å²) in [6.07, 6.45) is 10.8. The van der Waals surface area contributed by atoms with Crippen LogP contribution in [0.25, 0.3) is 0 Å². The molecule has 0 aliphatic heterocycles. The lowest BCUT2D eigenvalue weighted by Gasteiger charge is -2.47. The Morgan fingerprint density at radius 1 is 1.05 bits per heavy atom. The summed E-state index contributed by atoms with van der Waals surface area (Å²) < 4.78 is 0. The van der Waals surface area contributed by atoms with E-state index >= 15 is 0 Å². The molecule has 0 radical (unpaired) electrons. The van der Waals surface area contributed by atoms with Crippen molar-refractivity contribution in [3.63, 3.8) is 0 Å². The summed E-state index contributed by atoms with van der Waals surface area (Å²) in [7, 11) is 0. The molecule has 0 amide bonds. The fraction of sp³-hybridized carbons (Fsp3) is 1.00. The average molecular weight is 283 g/mol. The third-order valence-electron chi connectivity index (χ3n) is 5.81. The average Bonchev–Trinajstić information content (AvgIpc) is 2.42. The highest BCUT2D eigenvalue weighted by Gasteiger charge is 2.40. The Balaban J connectivity index is 2.12. The predicted octanol–water partition coefficient (Wildman–Crippen LogP) is 4.34. The van der Waals surface area contributed by atoms with Crippen molar-refractivity contribution in [3.05, 3.63) is 0 Å². The van der Waals surface area contributed by atoms with Gasteiger partial charge in [0.15, 0.2) is 0 Å². The first kappa shape index (κ1) is 18.0. The molecular weight excluding hydrogens is 244 g/mol. The maximum atomic E-state index is 6.23. The Hall–Kier alpha value is -0.0800. The molecule has 3 N–H and O–H groups in total. The smallest absolute Gasteiger partial charge is 0.00698 e. The summed E-state index contributed by atoms with van der Waals surface area (Å²) in [6.45, 7) is 11.8. The van der Waals surface area contributed by atoms with Crippen molar-refractivity contribution in [1.82, 2.24) is 5.32 Å². The Morgan fingerprint density at radius 2 is 1.70 bits per heavy atom. The van der Waals surface area contributed by atoms with Gasteiger partial charge in [-0.05, 0) is 49.6 Å². The quantitative estimate of drug-likeness (QED) is 0.618. The van der Waals surface area contributed by atoms with Gasteiger partial charge in [0.2, 0.25) is 0 Å². The SMILES string of the molecule is CCCCCCCCNCC1CCC(N)C(C)C1(C)C. The summed E-state index contributed by atoms with van der Waals surface area (Å²) in [5.74, 6) is 1.43.